The lowest BCUT2D eigenvalue weighted by atomic mass is 10.1. The van der Waals surface area contributed by atoms with Crippen molar-refractivity contribution in [2.45, 2.75) is 26.8 Å². The molecule has 1 amide bonds. The quantitative estimate of drug-likeness (QED) is 0.804. The predicted molar refractivity (Wildman–Crippen MR) is 108 cm³/mol. The minimum absolute atomic E-state index is 0.0805. The largest absolute Gasteiger partial charge is 0.355 e. The molecule has 1 saturated heterocycles. The van der Waals surface area contributed by atoms with Crippen LogP contribution in [0.5, 0.6) is 0 Å². The minimum Gasteiger partial charge on any atom is -0.355 e. The molecule has 0 saturated carbocycles. The van der Waals surface area contributed by atoms with Crippen LogP contribution >= 0.6 is 0 Å². The highest BCUT2D eigenvalue weighted by molar-refractivity contribution is 5.79. The van der Waals surface area contributed by atoms with Crippen LogP contribution in [0.2, 0.25) is 0 Å². The van der Waals surface area contributed by atoms with Crippen molar-refractivity contribution in [1.82, 2.24) is 24.9 Å². The van der Waals surface area contributed by atoms with Crippen LogP contribution in [0.3, 0.4) is 0 Å². The van der Waals surface area contributed by atoms with Gasteiger partial charge < -0.3 is 5.32 Å². The molecule has 1 N–H and O–H groups in total. The SMILES string of the molecule is Cc1nn(C)c(C)c1CC(=O)NCCN1CCN(Cc2ccccc2)CC1. The number of nitrogens with one attached hydrogen (secondary N) is 1. The molecule has 0 spiro atoms. The lowest BCUT2D eigenvalue weighted by Crippen LogP contribution is -2.48. The molecular weight excluding hydrogens is 338 g/mol. The van der Waals surface area contributed by atoms with Crippen molar-refractivity contribution in [2.24, 2.45) is 7.05 Å². The molecule has 2 aromatic rings. The maximum absolute atomic E-state index is 12.2. The fraction of sp³-hybridized carbons (Fsp3) is 0.524. The maximum Gasteiger partial charge on any atom is 0.224 e. The third-order valence-corrected chi connectivity index (χ3v) is 5.46. The molecule has 1 aromatic carbocycles. The number of hydrogen-bond acceptors (Lipinski definition) is 4. The van der Waals surface area contributed by atoms with Gasteiger partial charge in [0, 0.05) is 64.1 Å². The molecule has 1 aliphatic rings. The number of carbonyl (C=O) groups excluding carboxylic acids is 1. The number of carbonyl (C=O) groups is 1. The molecule has 27 heavy (non-hydrogen) atoms. The molecule has 1 aliphatic heterocycles. The number of aryl methyl sites for hydroxylation is 2. The highest BCUT2D eigenvalue weighted by atomic mass is 16.1. The number of benzene rings is 1. The summed E-state index contributed by atoms with van der Waals surface area (Å²) in [5.41, 5.74) is 4.43. The number of aromatic nitrogens is 2. The number of amides is 1. The molecule has 6 nitrogen and oxygen atoms in total. The summed E-state index contributed by atoms with van der Waals surface area (Å²) < 4.78 is 1.84. The van der Waals surface area contributed by atoms with E-state index in [4.69, 9.17) is 0 Å². The summed E-state index contributed by atoms with van der Waals surface area (Å²) in [6, 6.07) is 10.6. The Morgan fingerprint density at radius 3 is 2.37 bits per heavy atom. The van der Waals surface area contributed by atoms with Gasteiger partial charge in [-0.2, -0.15) is 5.10 Å². The van der Waals surface area contributed by atoms with Crippen molar-refractivity contribution in [1.29, 1.82) is 0 Å². The van der Waals surface area contributed by atoms with Crippen LogP contribution in [0.25, 0.3) is 0 Å². The van der Waals surface area contributed by atoms with E-state index in [-0.39, 0.29) is 5.91 Å². The zero-order valence-electron chi connectivity index (χ0n) is 16.7. The van der Waals surface area contributed by atoms with E-state index in [9.17, 15) is 4.79 Å². The standard InChI is InChI=1S/C21H31N5O/c1-17-20(18(2)24(3)23-17)15-21(27)22-9-10-25-11-13-26(14-12-25)16-19-7-5-4-6-8-19/h4-8H,9-16H2,1-3H3,(H,22,27). The normalized spacial score (nSPS) is 15.8. The summed E-state index contributed by atoms with van der Waals surface area (Å²) in [6.45, 7) is 10.9. The second-order valence-electron chi connectivity index (χ2n) is 7.40. The molecule has 0 aliphatic carbocycles. The molecule has 6 heteroatoms. The highest BCUT2D eigenvalue weighted by Gasteiger charge is 2.17. The van der Waals surface area contributed by atoms with Gasteiger partial charge >= 0.3 is 0 Å². The summed E-state index contributed by atoms with van der Waals surface area (Å²) in [5.74, 6) is 0.0805. The molecule has 0 bridgehead atoms. The monoisotopic (exact) mass is 369 g/mol. The van der Waals surface area contributed by atoms with Crippen molar-refractivity contribution in [3.05, 3.63) is 52.8 Å². The van der Waals surface area contributed by atoms with E-state index in [1.54, 1.807) is 0 Å². The summed E-state index contributed by atoms with van der Waals surface area (Å²) in [7, 11) is 1.92. The maximum atomic E-state index is 12.2. The van der Waals surface area contributed by atoms with Crippen LogP contribution in [0.4, 0.5) is 0 Å². The van der Waals surface area contributed by atoms with Crippen LogP contribution < -0.4 is 5.32 Å². The third-order valence-electron chi connectivity index (χ3n) is 5.46. The summed E-state index contributed by atoms with van der Waals surface area (Å²) in [4.78, 5) is 17.2. The fourth-order valence-electron chi connectivity index (χ4n) is 3.66. The lowest BCUT2D eigenvalue weighted by molar-refractivity contribution is -0.120. The first-order valence-electron chi connectivity index (χ1n) is 9.77. The van der Waals surface area contributed by atoms with Gasteiger partial charge in [0.2, 0.25) is 5.91 Å². The van der Waals surface area contributed by atoms with Crippen molar-refractivity contribution in [3.63, 3.8) is 0 Å². The average Bonchev–Trinajstić information content (AvgIpc) is 2.90. The van der Waals surface area contributed by atoms with Crippen LogP contribution in [-0.2, 0) is 24.8 Å². The van der Waals surface area contributed by atoms with Crippen molar-refractivity contribution < 1.29 is 4.79 Å². The average molecular weight is 370 g/mol. The molecular formula is C21H31N5O. The Morgan fingerprint density at radius 1 is 1.07 bits per heavy atom. The van der Waals surface area contributed by atoms with Crippen molar-refractivity contribution in [3.8, 4) is 0 Å². The Labute approximate surface area is 162 Å². The van der Waals surface area contributed by atoms with Gasteiger partial charge in [-0.3, -0.25) is 19.3 Å². The van der Waals surface area contributed by atoms with Crippen LogP contribution in [0, 0.1) is 13.8 Å². The number of piperazine rings is 1. The van der Waals surface area contributed by atoms with Gasteiger partial charge in [-0.1, -0.05) is 30.3 Å². The zero-order chi connectivity index (χ0) is 19.2. The molecule has 0 unspecified atom stereocenters. The first-order valence-corrected chi connectivity index (χ1v) is 9.77. The van der Waals surface area contributed by atoms with Crippen LogP contribution in [0.15, 0.2) is 30.3 Å². The van der Waals surface area contributed by atoms with E-state index in [1.165, 1.54) is 5.56 Å². The Hall–Kier alpha value is -2.18. The van der Waals surface area contributed by atoms with Crippen LogP contribution in [-0.4, -0.2) is 64.8 Å². The number of rotatable bonds is 7. The molecule has 1 fully saturated rings. The molecule has 0 radical (unpaired) electrons. The van der Waals surface area contributed by atoms with E-state index in [0.29, 0.717) is 13.0 Å². The summed E-state index contributed by atoms with van der Waals surface area (Å²) >= 11 is 0. The van der Waals surface area contributed by atoms with Gasteiger partial charge in [0.15, 0.2) is 0 Å². The summed E-state index contributed by atoms with van der Waals surface area (Å²) in [6.07, 6.45) is 0.413. The fourth-order valence-corrected chi connectivity index (χ4v) is 3.66. The van der Waals surface area contributed by atoms with E-state index >= 15 is 0 Å². The van der Waals surface area contributed by atoms with E-state index in [0.717, 1.165) is 56.2 Å². The topological polar surface area (TPSA) is 53.4 Å². The number of hydrogen-bond donors (Lipinski definition) is 1. The second kappa shape index (κ2) is 9.15. The molecule has 146 valence electrons. The molecule has 1 aromatic heterocycles. The molecule has 0 atom stereocenters. The lowest BCUT2D eigenvalue weighted by Gasteiger charge is -2.34. The summed E-state index contributed by atoms with van der Waals surface area (Å²) in [5, 5.41) is 7.44. The minimum atomic E-state index is 0.0805. The van der Waals surface area contributed by atoms with Gasteiger partial charge in [0.25, 0.3) is 0 Å². The third kappa shape index (κ3) is 5.40. The van der Waals surface area contributed by atoms with E-state index in [2.05, 4.69) is 50.5 Å². The van der Waals surface area contributed by atoms with Gasteiger partial charge in [0.05, 0.1) is 12.1 Å². The van der Waals surface area contributed by atoms with Gasteiger partial charge in [-0.25, -0.2) is 0 Å². The second-order valence-corrected chi connectivity index (χ2v) is 7.40. The van der Waals surface area contributed by atoms with Crippen molar-refractivity contribution in [2.75, 3.05) is 39.3 Å². The van der Waals surface area contributed by atoms with Crippen molar-refractivity contribution >= 4 is 5.91 Å². The first kappa shape index (κ1) is 19.6. The Balaban J connectivity index is 1.35. The van der Waals surface area contributed by atoms with E-state index in [1.807, 2.05) is 25.6 Å². The molecule has 2 heterocycles. The molecule has 3 rings (SSSR count). The van der Waals surface area contributed by atoms with Gasteiger partial charge in [-0.05, 0) is 19.4 Å². The van der Waals surface area contributed by atoms with Gasteiger partial charge in [-0.15, -0.1) is 0 Å². The van der Waals surface area contributed by atoms with E-state index < -0.39 is 0 Å². The van der Waals surface area contributed by atoms with Crippen LogP contribution in [0.1, 0.15) is 22.5 Å². The van der Waals surface area contributed by atoms with Gasteiger partial charge in [0.1, 0.15) is 0 Å². The highest BCUT2D eigenvalue weighted by Crippen LogP contribution is 2.12. The Bertz CT molecular complexity index is 747. The smallest absolute Gasteiger partial charge is 0.224 e. The Kier molecular flexibility index (Phi) is 6.63. The number of nitrogens with zero attached hydrogens (tertiary/aromatic N) is 4. The zero-order valence-corrected chi connectivity index (χ0v) is 16.7. The Morgan fingerprint density at radius 2 is 1.74 bits per heavy atom. The predicted octanol–water partition coefficient (Wildman–Crippen LogP) is 1.51. The first-order chi connectivity index (χ1) is 13.0.